The first-order valence-electron chi connectivity index (χ1n) is 8.69. The highest BCUT2D eigenvalue weighted by Crippen LogP contribution is 2.36. The first-order chi connectivity index (χ1) is 12.3. The van der Waals surface area contributed by atoms with Gasteiger partial charge in [0, 0.05) is 44.8 Å². The second-order valence-electron chi connectivity index (χ2n) is 6.98. The molecule has 1 saturated heterocycles. The van der Waals surface area contributed by atoms with E-state index in [1.54, 1.807) is 6.08 Å². The van der Waals surface area contributed by atoms with Gasteiger partial charge in [0.15, 0.2) is 5.82 Å². The third-order valence-corrected chi connectivity index (χ3v) is 5.28. The number of halogens is 2. The van der Waals surface area contributed by atoms with Gasteiger partial charge in [0.2, 0.25) is 0 Å². The van der Waals surface area contributed by atoms with Gasteiger partial charge < -0.3 is 25.5 Å². The van der Waals surface area contributed by atoms with Crippen LogP contribution in [0.2, 0.25) is 0 Å². The normalized spacial score (nSPS) is 21.7. The minimum atomic E-state index is -1.10. The largest absolute Gasteiger partial charge is 0.465 e. The van der Waals surface area contributed by atoms with Crippen LogP contribution in [0.15, 0.2) is 12.1 Å². The van der Waals surface area contributed by atoms with E-state index in [0.29, 0.717) is 37.3 Å². The van der Waals surface area contributed by atoms with Crippen LogP contribution in [0.1, 0.15) is 18.9 Å². The molecule has 0 spiro atoms. The maximum Gasteiger partial charge on any atom is 0.407 e. The number of amides is 1. The van der Waals surface area contributed by atoms with Crippen LogP contribution in [-0.2, 0) is 0 Å². The summed E-state index contributed by atoms with van der Waals surface area (Å²) in [4.78, 5) is 16.4. The minimum Gasteiger partial charge on any atom is -0.465 e. The maximum atomic E-state index is 15.0. The molecule has 1 atom stereocenters. The fourth-order valence-electron chi connectivity index (χ4n) is 3.53. The van der Waals surface area contributed by atoms with E-state index in [1.807, 2.05) is 11.9 Å². The molecule has 142 valence electrons. The number of nitrogens with zero attached hydrogens (tertiary/aromatic N) is 3. The molecule has 2 aliphatic heterocycles. The highest BCUT2D eigenvalue weighted by Gasteiger charge is 2.28. The SMILES string of the molecule is C[C@H]1CN(c2cc(F)c(C3=CCCN(C(=O)O)C3)c(F)c2N)CCN1C. The summed E-state index contributed by atoms with van der Waals surface area (Å²) < 4.78 is 29.7. The molecule has 2 heterocycles. The van der Waals surface area contributed by atoms with E-state index in [0.717, 1.165) is 11.4 Å². The first kappa shape index (κ1) is 18.4. The Labute approximate surface area is 151 Å². The number of piperazine rings is 1. The smallest absolute Gasteiger partial charge is 0.407 e. The second-order valence-corrected chi connectivity index (χ2v) is 6.98. The predicted octanol–water partition coefficient (Wildman–Crippen LogP) is 2.45. The van der Waals surface area contributed by atoms with Crippen LogP contribution < -0.4 is 10.6 Å². The summed E-state index contributed by atoms with van der Waals surface area (Å²) in [5.41, 5.74) is 6.37. The Hall–Kier alpha value is -2.35. The van der Waals surface area contributed by atoms with Gasteiger partial charge in [-0.05, 0) is 26.0 Å². The molecule has 1 aromatic rings. The number of likely N-dealkylation sites (N-methyl/N-ethyl adjacent to an activating group) is 1. The molecule has 0 radical (unpaired) electrons. The Morgan fingerprint density at radius 3 is 2.69 bits per heavy atom. The lowest BCUT2D eigenvalue weighted by Crippen LogP contribution is -2.50. The lowest BCUT2D eigenvalue weighted by atomic mass is 9.98. The number of carboxylic acid groups (broad SMARTS) is 1. The zero-order chi connectivity index (χ0) is 19.0. The molecule has 6 nitrogen and oxygen atoms in total. The standard InChI is InChI=1S/C18H24F2N4O2/c1-11-9-23(7-6-22(11)2)14-8-13(19)15(16(20)17(14)21)12-4-3-5-24(10-12)18(25)26/h4,8,11H,3,5-7,9-10,21H2,1-2H3,(H,25,26)/t11-/m0/s1. The number of rotatable bonds is 2. The maximum absolute atomic E-state index is 15.0. The van der Waals surface area contributed by atoms with E-state index < -0.39 is 17.7 Å². The van der Waals surface area contributed by atoms with Crippen LogP contribution in [0, 0.1) is 11.6 Å². The summed E-state index contributed by atoms with van der Waals surface area (Å²) in [7, 11) is 2.01. The fraction of sp³-hybridized carbons (Fsp3) is 0.500. The van der Waals surface area contributed by atoms with Crippen LogP contribution in [0.4, 0.5) is 25.0 Å². The molecule has 1 amide bonds. The van der Waals surface area contributed by atoms with Crippen LogP contribution in [0.25, 0.3) is 5.57 Å². The Kier molecular flexibility index (Phi) is 5.04. The summed E-state index contributed by atoms with van der Waals surface area (Å²) in [6.45, 7) is 4.37. The van der Waals surface area contributed by atoms with Crippen molar-refractivity contribution in [2.24, 2.45) is 0 Å². The van der Waals surface area contributed by atoms with E-state index in [2.05, 4.69) is 11.8 Å². The van der Waals surface area contributed by atoms with Crippen molar-refractivity contribution in [3.63, 3.8) is 0 Å². The Morgan fingerprint density at radius 1 is 1.31 bits per heavy atom. The van der Waals surface area contributed by atoms with Crippen LogP contribution in [0.5, 0.6) is 0 Å². The van der Waals surface area contributed by atoms with Gasteiger partial charge in [-0.25, -0.2) is 13.6 Å². The third-order valence-electron chi connectivity index (χ3n) is 5.28. The van der Waals surface area contributed by atoms with Crippen molar-refractivity contribution in [2.75, 3.05) is 50.4 Å². The zero-order valence-corrected chi connectivity index (χ0v) is 15.0. The zero-order valence-electron chi connectivity index (χ0n) is 15.0. The van der Waals surface area contributed by atoms with Crippen molar-refractivity contribution in [1.29, 1.82) is 0 Å². The van der Waals surface area contributed by atoms with Crippen LogP contribution >= 0.6 is 0 Å². The van der Waals surface area contributed by atoms with Crippen LogP contribution in [0.3, 0.4) is 0 Å². The van der Waals surface area contributed by atoms with Crippen molar-refractivity contribution in [2.45, 2.75) is 19.4 Å². The average Bonchev–Trinajstić information content (AvgIpc) is 2.61. The molecular formula is C18H24F2N4O2. The number of nitrogen functional groups attached to an aromatic ring is 1. The first-order valence-corrected chi connectivity index (χ1v) is 8.69. The summed E-state index contributed by atoms with van der Waals surface area (Å²) in [5.74, 6) is -1.53. The lowest BCUT2D eigenvalue weighted by molar-refractivity contribution is 0.150. The number of hydrogen-bond donors (Lipinski definition) is 2. The van der Waals surface area contributed by atoms with Gasteiger partial charge in [0.25, 0.3) is 0 Å². The van der Waals surface area contributed by atoms with Crippen molar-refractivity contribution < 1.29 is 18.7 Å². The highest BCUT2D eigenvalue weighted by molar-refractivity contribution is 5.80. The van der Waals surface area contributed by atoms with Crippen molar-refractivity contribution in [3.05, 3.63) is 29.3 Å². The van der Waals surface area contributed by atoms with Crippen LogP contribution in [-0.4, -0.2) is 66.8 Å². The summed E-state index contributed by atoms with van der Waals surface area (Å²) in [5, 5.41) is 9.13. The summed E-state index contributed by atoms with van der Waals surface area (Å²) in [6.07, 6.45) is 0.989. The van der Waals surface area contributed by atoms with E-state index >= 15 is 0 Å². The second kappa shape index (κ2) is 7.11. The quantitative estimate of drug-likeness (QED) is 0.787. The van der Waals surface area contributed by atoms with Crippen molar-refractivity contribution in [1.82, 2.24) is 9.80 Å². The average molecular weight is 366 g/mol. The molecule has 1 fully saturated rings. The molecular weight excluding hydrogens is 342 g/mol. The molecule has 3 rings (SSSR count). The number of nitrogens with two attached hydrogens (primary N) is 1. The third kappa shape index (κ3) is 3.33. The Morgan fingerprint density at radius 2 is 2.04 bits per heavy atom. The number of hydrogen-bond acceptors (Lipinski definition) is 4. The molecule has 26 heavy (non-hydrogen) atoms. The molecule has 0 aliphatic carbocycles. The lowest BCUT2D eigenvalue weighted by Gasteiger charge is -2.39. The molecule has 8 heteroatoms. The molecule has 0 bridgehead atoms. The van der Waals surface area contributed by atoms with Gasteiger partial charge in [-0.3, -0.25) is 0 Å². The predicted molar refractivity (Wildman–Crippen MR) is 97.3 cm³/mol. The summed E-state index contributed by atoms with van der Waals surface area (Å²) in [6, 6.07) is 1.52. The monoisotopic (exact) mass is 366 g/mol. The fourth-order valence-corrected chi connectivity index (χ4v) is 3.53. The minimum absolute atomic E-state index is 0.0481. The van der Waals surface area contributed by atoms with Crippen molar-refractivity contribution >= 4 is 23.0 Å². The highest BCUT2D eigenvalue weighted by atomic mass is 19.1. The van der Waals surface area contributed by atoms with E-state index in [9.17, 15) is 13.6 Å². The molecule has 0 saturated carbocycles. The van der Waals surface area contributed by atoms with Gasteiger partial charge in [0.05, 0.1) is 16.9 Å². The Balaban J connectivity index is 1.94. The summed E-state index contributed by atoms with van der Waals surface area (Å²) >= 11 is 0. The number of carbonyl (C=O) groups is 1. The topological polar surface area (TPSA) is 73.0 Å². The molecule has 2 aliphatic rings. The van der Waals surface area contributed by atoms with Gasteiger partial charge in [-0.15, -0.1) is 0 Å². The molecule has 0 unspecified atom stereocenters. The van der Waals surface area contributed by atoms with Gasteiger partial charge in [-0.2, -0.15) is 0 Å². The van der Waals surface area contributed by atoms with E-state index in [4.69, 9.17) is 10.8 Å². The molecule has 1 aromatic carbocycles. The van der Waals surface area contributed by atoms with Crippen molar-refractivity contribution in [3.8, 4) is 0 Å². The Bertz CT molecular complexity index is 753. The molecule has 3 N–H and O–H groups in total. The van der Waals surface area contributed by atoms with E-state index in [1.165, 1.54) is 6.07 Å². The van der Waals surface area contributed by atoms with Gasteiger partial charge in [-0.1, -0.05) is 6.08 Å². The van der Waals surface area contributed by atoms with Gasteiger partial charge >= 0.3 is 6.09 Å². The van der Waals surface area contributed by atoms with E-state index in [-0.39, 0.29) is 23.8 Å². The molecule has 0 aromatic heterocycles. The number of benzene rings is 1. The number of anilines is 2. The van der Waals surface area contributed by atoms with Gasteiger partial charge in [0.1, 0.15) is 5.82 Å².